The van der Waals surface area contributed by atoms with Crippen LogP contribution in [0.3, 0.4) is 0 Å². The molecule has 0 atom stereocenters. The van der Waals surface area contributed by atoms with Gasteiger partial charge in [-0.15, -0.1) is 0 Å². The number of nitrogens with zero attached hydrogens (tertiary/aromatic N) is 2. The highest BCUT2D eigenvalue weighted by atomic mass is 35.5. The summed E-state index contributed by atoms with van der Waals surface area (Å²) < 4.78 is 37.8. The van der Waals surface area contributed by atoms with Gasteiger partial charge in [0.1, 0.15) is 16.4 Å². The molecule has 2 amide bonds. The third-order valence-electron chi connectivity index (χ3n) is 5.48. The highest BCUT2D eigenvalue weighted by Gasteiger charge is 2.31. The van der Waals surface area contributed by atoms with Crippen molar-refractivity contribution in [2.75, 3.05) is 38.2 Å². The number of nitrogens with two attached hydrogens (primary N) is 2. The number of benzene rings is 2. The number of guanidine groups is 1. The normalized spacial score (nSPS) is 16.7. The lowest BCUT2D eigenvalue weighted by molar-refractivity contribution is -0.118. The molecule has 0 bridgehead atoms. The highest BCUT2D eigenvalue weighted by Crippen LogP contribution is 2.44. The van der Waals surface area contributed by atoms with E-state index in [0.717, 1.165) is 0 Å². The Morgan fingerprint density at radius 1 is 1.14 bits per heavy atom. The fraction of sp³-hybridized carbons (Fsp3) is 0.318. The summed E-state index contributed by atoms with van der Waals surface area (Å²) in [5.41, 5.74) is 11.5. The molecule has 186 valence electrons. The van der Waals surface area contributed by atoms with E-state index in [9.17, 15) is 18.0 Å². The summed E-state index contributed by atoms with van der Waals surface area (Å²) in [5, 5.41) is 2.90. The maximum atomic E-state index is 13.3. The molecule has 0 saturated carbocycles. The lowest BCUT2D eigenvalue weighted by Crippen LogP contribution is -2.41. The standard InChI is InChI=1S/C22H24ClN5O6S/c1-12-6-13(21(30)27-22(24)25)8-17-19(12)34-20-14(11-35(17,31)32)7-15(9-16(20)23)26-18(29)10-28-2-4-33-5-3-28/h6-9H,2-5,10-11H2,1H3,(H,26,29)(H4,24,25,27,30). The van der Waals surface area contributed by atoms with Gasteiger partial charge in [0, 0.05) is 29.9 Å². The lowest BCUT2D eigenvalue weighted by atomic mass is 10.1. The number of hydrogen-bond donors (Lipinski definition) is 3. The maximum absolute atomic E-state index is 13.3. The van der Waals surface area contributed by atoms with Gasteiger partial charge in [0.15, 0.2) is 15.8 Å². The number of carbonyl (C=O) groups excluding carboxylic acids is 2. The van der Waals surface area contributed by atoms with E-state index in [1.165, 1.54) is 24.3 Å². The van der Waals surface area contributed by atoms with Crippen LogP contribution in [-0.4, -0.2) is 63.9 Å². The Morgan fingerprint density at radius 2 is 1.86 bits per heavy atom. The fourth-order valence-corrected chi connectivity index (χ4v) is 5.75. The van der Waals surface area contributed by atoms with Crippen molar-refractivity contribution in [3.8, 4) is 11.5 Å². The Labute approximate surface area is 206 Å². The Kier molecular flexibility index (Phi) is 6.99. The molecule has 5 N–H and O–H groups in total. The molecule has 11 nitrogen and oxygen atoms in total. The molecule has 0 unspecified atom stereocenters. The Morgan fingerprint density at radius 3 is 2.54 bits per heavy atom. The molecule has 0 aliphatic carbocycles. The van der Waals surface area contributed by atoms with Crippen LogP contribution in [0.1, 0.15) is 21.5 Å². The number of nitrogens with one attached hydrogen (secondary N) is 1. The average molecular weight is 522 g/mol. The minimum absolute atomic E-state index is 0.00468. The first-order valence-electron chi connectivity index (χ1n) is 10.6. The number of hydrogen-bond acceptors (Lipinski definition) is 7. The van der Waals surface area contributed by atoms with E-state index in [-0.39, 0.29) is 45.0 Å². The van der Waals surface area contributed by atoms with E-state index in [0.29, 0.717) is 37.6 Å². The topological polar surface area (TPSA) is 166 Å². The first kappa shape index (κ1) is 24.9. The molecule has 0 spiro atoms. The van der Waals surface area contributed by atoms with Gasteiger partial charge in [0.05, 0.1) is 30.5 Å². The van der Waals surface area contributed by atoms with Gasteiger partial charge >= 0.3 is 0 Å². The monoisotopic (exact) mass is 521 g/mol. The number of aryl methyl sites for hydroxylation is 1. The van der Waals surface area contributed by atoms with Gasteiger partial charge in [-0.1, -0.05) is 11.6 Å². The van der Waals surface area contributed by atoms with E-state index in [1.54, 1.807) is 6.92 Å². The van der Waals surface area contributed by atoms with Crippen molar-refractivity contribution in [1.82, 2.24) is 4.90 Å². The molecule has 35 heavy (non-hydrogen) atoms. The third kappa shape index (κ3) is 5.56. The summed E-state index contributed by atoms with van der Waals surface area (Å²) in [6.07, 6.45) is 0. The van der Waals surface area contributed by atoms with E-state index < -0.39 is 27.5 Å². The van der Waals surface area contributed by atoms with Gasteiger partial charge in [-0.05, 0) is 36.8 Å². The summed E-state index contributed by atoms with van der Waals surface area (Å²) in [7, 11) is -3.97. The number of carbonyl (C=O) groups is 2. The molecule has 2 aromatic rings. The molecule has 2 heterocycles. The minimum atomic E-state index is -3.97. The summed E-state index contributed by atoms with van der Waals surface area (Å²) in [4.78, 5) is 30.0. The average Bonchev–Trinajstić information content (AvgIpc) is 2.87. The predicted octanol–water partition coefficient (Wildman–Crippen LogP) is 1.41. The van der Waals surface area contributed by atoms with Crippen LogP contribution in [0.2, 0.25) is 5.02 Å². The lowest BCUT2D eigenvalue weighted by Gasteiger charge is -2.25. The molecule has 1 fully saturated rings. The number of fused-ring (bicyclic) bond motifs is 2. The van der Waals surface area contributed by atoms with Crippen LogP contribution in [0.15, 0.2) is 34.2 Å². The second kappa shape index (κ2) is 9.82. The Balaban J connectivity index is 1.65. The van der Waals surface area contributed by atoms with E-state index in [1.807, 2.05) is 4.90 Å². The van der Waals surface area contributed by atoms with Crippen molar-refractivity contribution < 1.29 is 27.5 Å². The number of halogens is 1. The van der Waals surface area contributed by atoms with Crippen LogP contribution >= 0.6 is 11.6 Å². The maximum Gasteiger partial charge on any atom is 0.280 e. The number of anilines is 1. The summed E-state index contributed by atoms with van der Waals surface area (Å²) in [6, 6.07) is 5.63. The first-order valence-corrected chi connectivity index (χ1v) is 12.7. The van der Waals surface area contributed by atoms with Crippen LogP contribution in [0.4, 0.5) is 5.69 Å². The molecule has 2 aliphatic heterocycles. The second-order valence-electron chi connectivity index (χ2n) is 8.21. The van der Waals surface area contributed by atoms with Crippen molar-refractivity contribution in [3.63, 3.8) is 0 Å². The van der Waals surface area contributed by atoms with Crippen LogP contribution < -0.4 is 21.5 Å². The van der Waals surface area contributed by atoms with Gasteiger partial charge in [0.25, 0.3) is 5.91 Å². The number of aliphatic imine (C=N–C) groups is 1. The van der Waals surface area contributed by atoms with E-state index in [2.05, 4.69) is 10.3 Å². The van der Waals surface area contributed by atoms with Gasteiger partial charge in [-0.25, -0.2) is 8.42 Å². The van der Waals surface area contributed by atoms with Crippen molar-refractivity contribution in [2.45, 2.75) is 17.6 Å². The predicted molar refractivity (Wildman–Crippen MR) is 130 cm³/mol. The Bertz CT molecular complexity index is 1330. The molecule has 0 radical (unpaired) electrons. The quantitative estimate of drug-likeness (QED) is 0.398. The summed E-state index contributed by atoms with van der Waals surface area (Å²) >= 11 is 6.45. The number of amides is 2. The molecule has 2 aliphatic rings. The SMILES string of the molecule is Cc1cc(C(=O)N=C(N)N)cc2c1Oc1c(Cl)cc(NC(=O)CN3CCOCC3)cc1CS2(=O)=O. The summed E-state index contributed by atoms with van der Waals surface area (Å²) in [6.45, 7) is 4.19. The third-order valence-corrected chi connectivity index (χ3v) is 7.42. The number of sulfone groups is 1. The Hall–Kier alpha value is -3.19. The van der Waals surface area contributed by atoms with Gasteiger partial charge in [0.2, 0.25) is 5.91 Å². The molecule has 4 rings (SSSR count). The second-order valence-corrected chi connectivity index (χ2v) is 10.6. The fourth-order valence-electron chi connectivity index (χ4n) is 3.90. The zero-order valence-corrected chi connectivity index (χ0v) is 20.4. The molecule has 2 aromatic carbocycles. The van der Waals surface area contributed by atoms with Crippen molar-refractivity contribution >= 4 is 44.9 Å². The zero-order chi connectivity index (χ0) is 25.3. The van der Waals surface area contributed by atoms with Crippen molar-refractivity contribution in [3.05, 3.63) is 46.0 Å². The van der Waals surface area contributed by atoms with Crippen molar-refractivity contribution in [2.24, 2.45) is 16.5 Å². The van der Waals surface area contributed by atoms with Crippen LogP contribution in [0, 0.1) is 6.92 Å². The number of ether oxygens (including phenoxy) is 2. The minimum Gasteiger partial charge on any atom is -0.454 e. The van der Waals surface area contributed by atoms with Gasteiger partial charge in [-0.3, -0.25) is 14.5 Å². The van der Waals surface area contributed by atoms with Crippen LogP contribution in [-0.2, 0) is 25.1 Å². The molecular weight excluding hydrogens is 498 g/mol. The summed E-state index contributed by atoms with van der Waals surface area (Å²) in [5.74, 6) is -1.73. The largest absolute Gasteiger partial charge is 0.454 e. The van der Waals surface area contributed by atoms with Crippen molar-refractivity contribution in [1.29, 1.82) is 0 Å². The zero-order valence-electron chi connectivity index (χ0n) is 18.8. The molecule has 13 heteroatoms. The number of rotatable bonds is 4. The van der Waals surface area contributed by atoms with E-state index >= 15 is 0 Å². The van der Waals surface area contributed by atoms with Crippen LogP contribution in [0.5, 0.6) is 11.5 Å². The first-order chi connectivity index (χ1) is 16.5. The highest BCUT2D eigenvalue weighted by molar-refractivity contribution is 7.90. The van der Waals surface area contributed by atoms with E-state index in [4.69, 9.17) is 32.5 Å². The van der Waals surface area contributed by atoms with Gasteiger partial charge in [-0.2, -0.15) is 4.99 Å². The van der Waals surface area contributed by atoms with Gasteiger partial charge < -0.3 is 26.3 Å². The van der Waals surface area contributed by atoms with Crippen LogP contribution in [0.25, 0.3) is 0 Å². The number of morpholine rings is 1. The smallest absolute Gasteiger partial charge is 0.280 e. The molecular formula is C22H24ClN5O6S. The molecule has 0 aromatic heterocycles. The molecule has 1 saturated heterocycles.